The molecule has 0 aliphatic heterocycles. The van der Waals surface area contributed by atoms with Crippen molar-refractivity contribution in [1.29, 1.82) is 0 Å². The first-order valence-corrected chi connectivity index (χ1v) is 9.30. The van der Waals surface area contributed by atoms with E-state index in [0.717, 1.165) is 17.7 Å². The van der Waals surface area contributed by atoms with Gasteiger partial charge in [-0.2, -0.15) is 5.10 Å². The summed E-state index contributed by atoms with van der Waals surface area (Å²) in [7, 11) is 0. The van der Waals surface area contributed by atoms with Gasteiger partial charge >= 0.3 is 0 Å². The maximum Gasteiger partial charge on any atom is 0.137 e. The molecule has 0 spiro atoms. The van der Waals surface area contributed by atoms with Crippen LogP contribution in [0.3, 0.4) is 0 Å². The zero-order chi connectivity index (χ0) is 21.6. The number of hydrogen-bond acceptors (Lipinski definition) is 4. The Bertz CT molecular complexity index is 1000. The quantitative estimate of drug-likeness (QED) is 0.547. The summed E-state index contributed by atoms with van der Waals surface area (Å²) in [4.78, 5) is 5.63. The Morgan fingerprint density at radius 2 is 1.83 bits per heavy atom. The van der Waals surface area contributed by atoms with Crippen molar-refractivity contribution in [2.45, 2.75) is 18.6 Å². The van der Waals surface area contributed by atoms with Gasteiger partial charge in [-0.15, -0.1) is 6.42 Å². The standard InChI is InChI=1S/C22H21F3N4O/c1-2-10-28(11-9-17-3-5-18(23)6-4-17)13-22(30,14-29-16-26-15-27-29)20-8-7-19(24)12-21(20)25/h1,3-8,12,15-16,30H,9-11,13-14H2. The molecule has 0 aliphatic carbocycles. The van der Waals surface area contributed by atoms with Crippen LogP contribution in [0.4, 0.5) is 13.2 Å². The minimum absolute atomic E-state index is 0.0270. The lowest BCUT2D eigenvalue weighted by Gasteiger charge is -2.34. The molecule has 0 saturated carbocycles. The van der Waals surface area contributed by atoms with Crippen LogP contribution in [0, 0.1) is 29.8 Å². The fourth-order valence-corrected chi connectivity index (χ4v) is 3.32. The molecule has 156 valence electrons. The summed E-state index contributed by atoms with van der Waals surface area (Å²) < 4.78 is 42.5. The van der Waals surface area contributed by atoms with Crippen LogP contribution in [0.1, 0.15) is 11.1 Å². The van der Waals surface area contributed by atoms with Crippen LogP contribution in [0.2, 0.25) is 0 Å². The minimum atomic E-state index is -1.74. The van der Waals surface area contributed by atoms with Crippen molar-refractivity contribution in [2.24, 2.45) is 0 Å². The van der Waals surface area contributed by atoms with Gasteiger partial charge in [0.25, 0.3) is 0 Å². The van der Waals surface area contributed by atoms with E-state index in [0.29, 0.717) is 13.0 Å². The second kappa shape index (κ2) is 9.57. The van der Waals surface area contributed by atoms with Gasteiger partial charge in [0.2, 0.25) is 0 Å². The van der Waals surface area contributed by atoms with E-state index in [1.807, 2.05) is 0 Å². The molecule has 5 nitrogen and oxygen atoms in total. The molecule has 3 rings (SSSR count). The smallest absolute Gasteiger partial charge is 0.137 e. The Hall–Kier alpha value is -3.15. The van der Waals surface area contributed by atoms with Crippen molar-refractivity contribution in [3.63, 3.8) is 0 Å². The number of nitrogens with zero attached hydrogens (tertiary/aromatic N) is 4. The monoisotopic (exact) mass is 414 g/mol. The Labute approximate surface area is 172 Å². The third-order valence-corrected chi connectivity index (χ3v) is 4.75. The van der Waals surface area contributed by atoms with Gasteiger partial charge in [-0.25, -0.2) is 22.8 Å². The van der Waals surface area contributed by atoms with Crippen LogP contribution >= 0.6 is 0 Å². The molecule has 1 heterocycles. The molecule has 0 saturated heterocycles. The zero-order valence-electron chi connectivity index (χ0n) is 16.2. The van der Waals surface area contributed by atoms with E-state index >= 15 is 0 Å². The largest absolute Gasteiger partial charge is 0.382 e. The molecule has 0 bridgehead atoms. The molecular formula is C22H21F3N4O. The highest BCUT2D eigenvalue weighted by Gasteiger charge is 2.35. The predicted molar refractivity (Wildman–Crippen MR) is 106 cm³/mol. The van der Waals surface area contributed by atoms with Crippen LogP contribution in [0.15, 0.2) is 55.1 Å². The van der Waals surface area contributed by atoms with E-state index in [9.17, 15) is 18.3 Å². The number of aliphatic hydroxyl groups is 1. The molecule has 30 heavy (non-hydrogen) atoms. The molecule has 1 aromatic heterocycles. The van der Waals surface area contributed by atoms with E-state index in [4.69, 9.17) is 6.42 Å². The van der Waals surface area contributed by atoms with Gasteiger partial charge < -0.3 is 5.11 Å². The zero-order valence-corrected chi connectivity index (χ0v) is 16.2. The average Bonchev–Trinajstić information content (AvgIpc) is 3.20. The summed E-state index contributed by atoms with van der Waals surface area (Å²) in [5, 5.41) is 15.4. The fourth-order valence-electron chi connectivity index (χ4n) is 3.32. The Morgan fingerprint density at radius 3 is 2.47 bits per heavy atom. The van der Waals surface area contributed by atoms with Gasteiger partial charge in [0, 0.05) is 24.7 Å². The number of terminal acetylenes is 1. The van der Waals surface area contributed by atoms with Crippen molar-refractivity contribution in [3.05, 3.63) is 83.7 Å². The van der Waals surface area contributed by atoms with E-state index in [1.165, 1.54) is 35.5 Å². The van der Waals surface area contributed by atoms with Crippen LogP contribution in [-0.4, -0.2) is 44.4 Å². The Morgan fingerprint density at radius 1 is 1.10 bits per heavy atom. The SMILES string of the molecule is C#CCN(CCc1ccc(F)cc1)CC(O)(Cn1cncn1)c1ccc(F)cc1F. The highest BCUT2D eigenvalue weighted by Crippen LogP contribution is 2.28. The molecule has 3 aromatic rings. The number of hydrogen-bond donors (Lipinski definition) is 1. The van der Waals surface area contributed by atoms with Gasteiger partial charge in [0.1, 0.15) is 35.7 Å². The molecule has 1 atom stereocenters. The Kier molecular flexibility index (Phi) is 6.87. The summed E-state index contributed by atoms with van der Waals surface area (Å²) in [5.41, 5.74) is -0.917. The first-order valence-electron chi connectivity index (χ1n) is 9.30. The number of benzene rings is 2. The molecule has 1 N–H and O–H groups in total. The van der Waals surface area contributed by atoms with E-state index in [2.05, 4.69) is 16.0 Å². The molecule has 0 aliphatic rings. The fraction of sp³-hybridized carbons (Fsp3) is 0.273. The van der Waals surface area contributed by atoms with Crippen LogP contribution in [0.25, 0.3) is 0 Å². The van der Waals surface area contributed by atoms with Gasteiger partial charge in [0.05, 0.1) is 13.1 Å². The van der Waals surface area contributed by atoms with Crippen molar-refractivity contribution >= 4 is 0 Å². The third-order valence-electron chi connectivity index (χ3n) is 4.75. The number of aromatic nitrogens is 3. The lowest BCUT2D eigenvalue weighted by molar-refractivity contribution is -0.0184. The first-order chi connectivity index (χ1) is 14.4. The van der Waals surface area contributed by atoms with E-state index in [1.54, 1.807) is 17.0 Å². The van der Waals surface area contributed by atoms with Crippen molar-refractivity contribution < 1.29 is 18.3 Å². The highest BCUT2D eigenvalue weighted by atomic mass is 19.1. The van der Waals surface area contributed by atoms with Crippen LogP contribution in [-0.2, 0) is 18.6 Å². The van der Waals surface area contributed by atoms with Crippen LogP contribution < -0.4 is 0 Å². The number of halogens is 3. The summed E-state index contributed by atoms with van der Waals surface area (Å²) in [6.07, 6.45) is 8.74. The number of rotatable bonds is 9. The first kappa shape index (κ1) is 21.6. The maximum absolute atomic E-state index is 14.6. The molecular weight excluding hydrogens is 393 g/mol. The van der Waals surface area contributed by atoms with Gasteiger partial charge in [-0.1, -0.05) is 24.1 Å². The summed E-state index contributed by atoms with van der Waals surface area (Å²) >= 11 is 0. The second-order valence-electron chi connectivity index (χ2n) is 7.04. The van der Waals surface area contributed by atoms with Crippen molar-refractivity contribution in [1.82, 2.24) is 19.7 Å². The van der Waals surface area contributed by atoms with Crippen molar-refractivity contribution in [3.8, 4) is 12.3 Å². The topological polar surface area (TPSA) is 54.2 Å². The van der Waals surface area contributed by atoms with Crippen LogP contribution in [0.5, 0.6) is 0 Å². The summed E-state index contributed by atoms with van der Waals surface area (Å²) in [5.74, 6) is 0.607. The minimum Gasteiger partial charge on any atom is -0.382 e. The normalized spacial score (nSPS) is 13.2. The van der Waals surface area contributed by atoms with E-state index < -0.39 is 17.2 Å². The summed E-state index contributed by atoms with van der Waals surface area (Å²) in [6.45, 7) is 0.510. The van der Waals surface area contributed by atoms with Gasteiger partial charge in [0.15, 0.2) is 0 Å². The lowest BCUT2D eigenvalue weighted by Crippen LogP contribution is -2.45. The molecule has 0 radical (unpaired) electrons. The van der Waals surface area contributed by atoms with Crippen molar-refractivity contribution in [2.75, 3.05) is 19.6 Å². The summed E-state index contributed by atoms with van der Waals surface area (Å²) in [6, 6.07) is 9.12. The molecule has 2 aromatic carbocycles. The predicted octanol–water partition coefficient (Wildman–Crippen LogP) is 2.76. The maximum atomic E-state index is 14.6. The van der Waals surface area contributed by atoms with E-state index in [-0.39, 0.29) is 31.0 Å². The van der Waals surface area contributed by atoms with Gasteiger partial charge in [-0.3, -0.25) is 4.90 Å². The molecule has 0 amide bonds. The molecule has 0 fully saturated rings. The molecule has 1 unspecified atom stereocenters. The van der Waals surface area contributed by atoms with Gasteiger partial charge in [-0.05, 0) is 30.2 Å². The molecule has 8 heteroatoms. The Balaban J connectivity index is 1.84. The lowest BCUT2D eigenvalue weighted by atomic mass is 9.92. The highest BCUT2D eigenvalue weighted by molar-refractivity contribution is 5.26. The average molecular weight is 414 g/mol. The second-order valence-corrected chi connectivity index (χ2v) is 7.04. The third kappa shape index (κ3) is 5.47.